The Kier molecular flexibility index (Phi) is 3.71. The number of rotatable bonds is 5. The average molecular weight is 263 g/mol. The molecule has 1 heterocycles. The van der Waals surface area contributed by atoms with Crippen LogP contribution in [-0.4, -0.2) is 28.1 Å². The molecule has 1 aromatic carbocycles. The van der Waals surface area contributed by atoms with Crippen molar-refractivity contribution in [2.45, 2.75) is 19.4 Å². The van der Waals surface area contributed by atoms with Gasteiger partial charge in [0.15, 0.2) is 0 Å². The Morgan fingerprint density at radius 3 is 2.68 bits per heavy atom. The highest BCUT2D eigenvalue weighted by atomic mass is 16.4. The summed E-state index contributed by atoms with van der Waals surface area (Å²) in [5.74, 6) is -1.24. The van der Waals surface area contributed by atoms with Crippen LogP contribution in [0.3, 0.4) is 0 Å². The Labute approximate surface area is 109 Å². The van der Waals surface area contributed by atoms with Crippen LogP contribution in [0.15, 0.2) is 23.0 Å². The summed E-state index contributed by atoms with van der Waals surface area (Å²) in [6.07, 6.45) is 0.492. The Hall–Kier alpha value is -2.08. The second-order valence-electron chi connectivity index (χ2n) is 4.70. The number of aromatic nitrogens is 2. The third-order valence-electron chi connectivity index (χ3n) is 3.30. The molecule has 0 amide bonds. The number of aromatic amines is 2. The lowest BCUT2D eigenvalue weighted by molar-refractivity contribution is -0.141. The Balaban J connectivity index is 2.29. The van der Waals surface area contributed by atoms with E-state index in [1.165, 1.54) is 0 Å². The van der Waals surface area contributed by atoms with Crippen molar-refractivity contribution in [3.05, 3.63) is 34.2 Å². The minimum Gasteiger partial charge on any atom is -0.481 e. The normalized spacial score (nSPS) is 14.4. The molecule has 4 N–H and O–H groups in total. The number of carboxylic acid groups (broad SMARTS) is 1. The van der Waals surface area contributed by atoms with Crippen LogP contribution in [0, 0.1) is 5.92 Å². The van der Waals surface area contributed by atoms with E-state index in [4.69, 9.17) is 5.11 Å². The standard InChI is InChI=1S/C13H17N3O3/c1-7(12(17)18)5-10(14-2)8-3-4-9-11(6-8)16-13(19)15-9/h3-4,6-7,10,14H,5H2,1-2H3,(H,17,18)(H2,15,16,19). The highest BCUT2D eigenvalue weighted by Gasteiger charge is 2.18. The molecular weight excluding hydrogens is 246 g/mol. The summed E-state index contributed by atoms with van der Waals surface area (Å²) in [5.41, 5.74) is 2.19. The number of hydrogen-bond donors (Lipinski definition) is 4. The Morgan fingerprint density at radius 2 is 2.05 bits per heavy atom. The zero-order valence-electron chi connectivity index (χ0n) is 10.9. The van der Waals surface area contributed by atoms with Crippen molar-refractivity contribution in [2.24, 2.45) is 5.92 Å². The molecule has 102 valence electrons. The smallest absolute Gasteiger partial charge is 0.323 e. The van der Waals surface area contributed by atoms with E-state index in [1.807, 2.05) is 18.2 Å². The molecule has 19 heavy (non-hydrogen) atoms. The van der Waals surface area contributed by atoms with Crippen molar-refractivity contribution in [1.29, 1.82) is 0 Å². The van der Waals surface area contributed by atoms with E-state index in [-0.39, 0.29) is 11.7 Å². The van der Waals surface area contributed by atoms with Crippen LogP contribution in [0.1, 0.15) is 24.9 Å². The lowest BCUT2D eigenvalue weighted by Crippen LogP contribution is -2.22. The zero-order chi connectivity index (χ0) is 14.0. The monoisotopic (exact) mass is 263 g/mol. The summed E-state index contributed by atoms with van der Waals surface area (Å²) in [6.45, 7) is 1.68. The highest BCUT2D eigenvalue weighted by molar-refractivity contribution is 5.75. The number of nitrogens with one attached hydrogen (secondary N) is 3. The van der Waals surface area contributed by atoms with Crippen molar-refractivity contribution in [3.63, 3.8) is 0 Å². The first-order valence-corrected chi connectivity index (χ1v) is 6.13. The molecule has 0 fully saturated rings. The van der Waals surface area contributed by atoms with Gasteiger partial charge in [0, 0.05) is 6.04 Å². The maximum Gasteiger partial charge on any atom is 0.323 e. The number of aliphatic carboxylic acids is 1. The minimum atomic E-state index is -0.809. The van der Waals surface area contributed by atoms with Crippen molar-refractivity contribution in [2.75, 3.05) is 7.05 Å². The van der Waals surface area contributed by atoms with E-state index < -0.39 is 11.9 Å². The molecule has 0 spiro atoms. The molecule has 2 atom stereocenters. The lowest BCUT2D eigenvalue weighted by atomic mass is 9.96. The van der Waals surface area contributed by atoms with Gasteiger partial charge in [-0.05, 0) is 31.2 Å². The Bertz CT molecular complexity index is 644. The number of H-pyrrole nitrogens is 2. The lowest BCUT2D eigenvalue weighted by Gasteiger charge is -2.18. The van der Waals surface area contributed by atoms with Gasteiger partial charge in [-0.2, -0.15) is 0 Å². The van der Waals surface area contributed by atoms with Crippen molar-refractivity contribution >= 4 is 17.0 Å². The molecule has 0 saturated heterocycles. The molecule has 2 rings (SSSR count). The summed E-state index contributed by atoms with van der Waals surface area (Å²) in [5, 5.41) is 12.1. The van der Waals surface area contributed by atoms with Crippen LogP contribution in [0.4, 0.5) is 0 Å². The molecule has 2 unspecified atom stereocenters. The van der Waals surface area contributed by atoms with E-state index in [1.54, 1.807) is 14.0 Å². The van der Waals surface area contributed by atoms with Gasteiger partial charge in [0.2, 0.25) is 0 Å². The predicted molar refractivity (Wildman–Crippen MR) is 72.1 cm³/mol. The Morgan fingerprint density at radius 1 is 1.37 bits per heavy atom. The van der Waals surface area contributed by atoms with Gasteiger partial charge >= 0.3 is 11.7 Å². The molecule has 2 aromatic rings. The molecular formula is C13H17N3O3. The number of imidazole rings is 1. The second kappa shape index (κ2) is 5.27. The fraction of sp³-hybridized carbons (Fsp3) is 0.385. The minimum absolute atomic E-state index is 0.0612. The summed E-state index contributed by atoms with van der Waals surface area (Å²) < 4.78 is 0. The fourth-order valence-electron chi connectivity index (χ4n) is 2.14. The van der Waals surface area contributed by atoms with Crippen molar-refractivity contribution < 1.29 is 9.90 Å². The number of hydrogen-bond acceptors (Lipinski definition) is 3. The van der Waals surface area contributed by atoms with E-state index in [0.717, 1.165) is 16.6 Å². The topological polar surface area (TPSA) is 98.0 Å². The van der Waals surface area contributed by atoms with Crippen LogP contribution >= 0.6 is 0 Å². The molecule has 6 nitrogen and oxygen atoms in total. The molecule has 0 aliphatic heterocycles. The molecule has 6 heteroatoms. The average Bonchev–Trinajstić information content (AvgIpc) is 2.74. The van der Waals surface area contributed by atoms with Gasteiger partial charge in [-0.3, -0.25) is 4.79 Å². The molecule has 0 aliphatic carbocycles. The maximum atomic E-state index is 11.2. The molecule has 0 radical (unpaired) electrons. The number of carboxylic acids is 1. The SMILES string of the molecule is CNC(CC(C)C(=O)O)c1ccc2[nH]c(=O)[nH]c2c1. The van der Waals surface area contributed by atoms with E-state index >= 15 is 0 Å². The zero-order valence-corrected chi connectivity index (χ0v) is 10.9. The highest BCUT2D eigenvalue weighted by Crippen LogP contribution is 2.23. The molecule has 0 aliphatic rings. The third kappa shape index (κ3) is 2.85. The third-order valence-corrected chi connectivity index (χ3v) is 3.30. The largest absolute Gasteiger partial charge is 0.481 e. The first kappa shape index (κ1) is 13.4. The van der Waals surface area contributed by atoms with Crippen LogP contribution in [0.2, 0.25) is 0 Å². The van der Waals surface area contributed by atoms with E-state index in [9.17, 15) is 9.59 Å². The number of benzene rings is 1. The first-order chi connectivity index (χ1) is 9.01. The van der Waals surface area contributed by atoms with Crippen LogP contribution in [0.5, 0.6) is 0 Å². The quantitative estimate of drug-likeness (QED) is 0.652. The van der Waals surface area contributed by atoms with Gasteiger partial charge in [0.25, 0.3) is 0 Å². The van der Waals surface area contributed by atoms with Crippen LogP contribution in [-0.2, 0) is 4.79 Å². The van der Waals surface area contributed by atoms with Crippen molar-refractivity contribution in [1.82, 2.24) is 15.3 Å². The van der Waals surface area contributed by atoms with Gasteiger partial charge in [-0.25, -0.2) is 4.79 Å². The van der Waals surface area contributed by atoms with Crippen LogP contribution < -0.4 is 11.0 Å². The molecule has 0 bridgehead atoms. The first-order valence-electron chi connectivity index (χ1n) is 6.13. The number of carbonyl (C=O) groups is 1. The fourth-order valence-corrected chi connectivity index (χ4v) is 2.14. The summed E-state index contributed by atoms with van der Waals surface area (Å²) in [4.78, 5) is 27.5. The summed E-state index contributed by atoms with van der Waals surface area (Å²) >= 11 is 0. The maximum absolute atomic E-state index is 11.2. The van der Waals surface area contributed by atoms with Crippen molar-refractivity contribution in [3.8, 4) is 0 Å². The van der Waals surface area contributed by atoms with Gasteiger partial charge in [-0.1, -0.05) is 13.0 Å². The predicted octanol–water partition coefficient (Wildman–Crippen LogP) is 1.23. The number of fused-ring (bicyclic) bond motifs is 1. The van der Waals surface area contributed by atoms with Gasteiger partial charge in [-0.15, -0.1) is 0 Å². The van der Waals surface area contributed by atoms with Gasteiger partial charge in [0.1, 0.15) is 0 Å². The van der Waals surface area contributed by atoms with Crippen LogP contribution in [0.25, 0.3) is 11.0 Å². The summed E-state index contributed by atoms with van der Waals surface area (Å²) in [7, 11) is 1.79. The summed E-state index contributed by atoms with van der Waals surface area (Å²) in [6, 6.07) is 5.51. The second-order valence-corrected chi connectivity index (χ2v) is 4.70. The van der Waals surface area contributed by atoms with Gasteiger partial charge in [0.05, 0.1) is 17.0 Å². The molecule has 1 aromatic heterocycles. The van der Waals surface area contributed by atoms with Gasteiger partial charge < -0.3 is 20.4 Å². The van der Waals surface area contributed by atoms with E-state index in [2.05, 4.69) is 15.3 Å². The molecule has 0 saturated carbocycles. The van der Waals surface area contributed by atoms with E-state index in [0.29, 0.717) is 6.42 Å².